The van der Waals surface area contributed by atoms with Gasteiger partial charge in [-0.15, -0.1) is 11.3 Å². The summed E-state index contributed by atoms with van der Waals surface area (Å²) in [6.45, 7) is 5.51. The lowest BCUT2D eigenvalue weighted by Crippen LogP contribution is -2.34. The van der Waals surface area contributed by atoms with Crippen molar-refractivity contribution in [2.45, 2.75) is 33.0 Å². The number of nitrogens with zero attached hydrogens (tertiary/aromatic N) is 3. The number of ether oxygens (including phenoxy) is 2. The minimum Gasteiger partial charge on any atom is -0.487 e. The second-order valence-electron chi connectivity index (χ2n) is 8.31. The molecule has 0 N–H and O–H groups in total. The molecule has 4 rings (SSSR count). The highest BCUT2D eigenvalue weighted by atomic mass is 79.9. The van der Waals surface area contributed by atoms with Crippen LogP contribution in [-0.4, -0.2) is 21.7 Å². The van der Waals surface area contributed by atoms with Gasteiger partial charge < -0.3 is 9.47 Å². The van der Waals surface area contributed by atoms with Crippen LogP contribution < -0.4 is 9.64 Å². The number of aromatic nitrogens is 2. The molecule has 34 heavy (non-hydrogen) atoms. The lowest BCUT2D eigenvalue weighted by atomic mass is 10.2. The van der Waals surface area contributed by atoms with Crippen LogP contribution in [0.4, 0.5) is 20.7 Å². The third-order valence-electron chi connectivity index (χ3n) is 4.51. The summed E-state index contributed by atoms with van der Waals surface area (Å²) in [5.41, 5.74) is 1.08. The summed E-state index contributed by atoms with van der Waals surface area (Å²) in [5, 5.41) is 0.278. The number of benzene rings is 2. The number of hydrogen-bond donors (Lipinski definition) is 0. The molecule has 0 fully saturated rings. The molecule has 1 amide bonds. The minimum absolute atomic E-state index is 0.141. The number of anilines is 2. The Morgan fingerprint density at radius 2 is 1.97 bits per heavy atom. The first-order valence-corrected chi connectivity index (χ1v) is 12.2. The van der Waals surface area contributed by atoms with Crippen LogP contribution in [0.15, 0.2) is 58.6 Å². The summed E-state index contributed by atoms with van der Waals surface area (Å²) in [5.74, 6) is 0.428. The zero-order valence-electron chi connectivity index (χ0n) is 18.5. The van der Waals surface area contributed by atoms with Gasteiger partial charge in [-0.3, -0.25) is 0 Å². The molecular weight excluding hydrogens is 545 g/mol. The van der Waals surface area contributed by atoms with E-state index in [-0.39, 0.29) is 17.4 Å². The van der Waals surface area contributed by atoms with Crippen LogP contribution in [0.2, 0.25) is 5.02 Å². The molecule has 0 unspecified atom stereocenters. The molecule has 0 aliphatic rings. The molecule has 4 aromatic rings. The fraction of sp³-hybridized carbons (Fsp3) is 0.208. The molecule has 10 heteroatoms. The number of fused-ring (bicyclic) bond motifs is 1. The van der Waals surface area contributed by atoms with Crippen LogP contribution in [0, 0.1) is 5.82 Å². The normalized spacial score (nSPS) is 11.5. The van der Waals surface area contributed by atoms with Gasteiger partial charge in [0.15, 0.2) is 5.82 Å². The molecule has 6 nitrogen and oxygen atoms in total. The minimum atomic E-state index is -0.727. The van der Waals surface area contributed by atoms with E-state index < -0.39 is 11.7 Å². The third-order valence-corrected chi connectivity index (χ3v) is 6.43. The maximum absolute atomic E-state index is 13.4. The van der Waals surface area contributed by atoms with E-state index in [0.29, 0.717) is 33.0 Å². The topological polar surface area (TPSA) is 64.5 Å². The largest absolute Gasteiger partial charge is 0.487 e. The fourth-order valence-corrected chi connectivity index (χ4v) is 4.88. The molecular formula is C24H20BrClFN3O3S. The van der Waals surface area contributed by atoms with Gasteiger partial charge >= 0.3 is 6.09 Å². The summed E-state index contributed by atoms with van der Waals surface area (Å²) in [6, 6.07) is 12.9. The highest BCUT2D eigenvalue weighted by Crippen LogP contribution is 2.39. The van der Waals surface area contributed by atoms with E-state index in [1.165, 1.54) is 34.7 Å². The van der Waals surface area contributed by atoms with Crippen molar-refractivity contribution < 1.29 is 18.7 Å². The van der Waals surface area contributed by atoms with E-state index >= 15 is 0 Å². The van der Waals surface area contributed by atoms with Gasteiger partial charge in [-0.2, -0.15) is 0 Å². The first-order valence-electron chi connectivity index (χ1n) is 10.2. The van der Waals surface area contributed by atoms with Crippen LogP contribution in [0.3, 0.4) is 0 Å². The molecule has 0 saturated carbocycles. The average molecular weight is 565 g/mol. The number of halogens is 3. The molecule has 2 heterocycles. The summed E-state index contributed by atoms with van der Waals surface area (Å²) in [4.78, 5) is 23.3. The molecule has 0 bridgehead atoms. The smallest absolute Gasteiger partial charge is 0.420 e. The molecule has 2 aromatic carbocycles. The van der Waals surface area contributed by atoms with Crippen molar-refractivity contribution in [2.75, 3.05) is 4.90 Å². The molecule has 0 saturated heterocycles. The quantitative estimate of drug-likeness (QED) is 0.246. The van der Waals surface area contributed by atoms with Crippen molar-refractivity contribution >= 4 is 66.7 Å². The molecule has 2 aromatic heterocycles. The summed E-state index contributed by atoms with van der Waals surface area (Å²) >= 11 is 11.4. The predicted molar refractivity (Wildman–Crippen MR) is 136 cm³/mol. The van der Waals surface area contributed by atoms with Crippen molar-refractivity contribution in [1.82, 2.24) is 9.97 Å². The lowest BCUT2D eigenvalue weighted by molar-refractivity contribution is 0.0598. The first kappa shape index (κ1) is 24.4. The Morgan fingerprint density at radius 3 is 2.68 bits per heavy atom. The van der Waals surface area contributed by atoms with Crippen LogP contribution in [0.25, 0.3) is 10.2 Å². The monoisotopic (exact) mass is 563 g/mol. The number of carbonyl (C=O) groups excluding carboxylic acids is 1. The zero-order chi connectivity index (χ0) is 24.5. The van der Waals surface area contributed by atoms with Gasteiger partial charge in [-0.1, -0.05) is 23.7 Å². The van der Waals surface area contributed by atoms with Crippen molar-refractivity contribution in [1.29, 1.82) is 0 Å². The molecule has 0 atom stereocenters. The number of hydrogen-bond acceptors (Lipinski definition) is 6. The first-order chi connectivity index (χ1) is 16.1. The van der Waals surface area contributed by atoms with E-state index in [1.807, 2.05) is 6.07 Å². The van der Waals surface area contributed by atoms with Crippen molar-refractivity contribution in [2.24, 2.45) is 0 Å². The lowest BCUT2D eigenvalue weighted by Gasteiger charge is -2.27. The predicted octanol–water partition coefficient (Wildman–Crippen LogP) is 7.90. The fourth-order valence-electron chi connectivity index (χ4n) is 3.13. The Labute approximate surface area is 213 Å². The second kappa shape index (κ2) is 9.85. The summed E-state index contributed by atoms with van der Waals surface area (Å²) < 4.78 is 26.4. The van der Waals surface area contributed by atoms with Crippen molar-refractivity contribution in [3.05, 3.63) is 75.0 Å². The molecule has 0 spiro atoms. The van der Waals surface area contributed by atoms with Gasteiger partial charge in [0.1, 0.15) is 30.1 Å². The van der Waals surface area contributed by atoms with E-state index in [4.69, 9.17) is 21.1 Å². The highest BCUT2D eigenvalue weighted by Gasteiger charge is 2.28. The van der Waals surface area contributed by atoms with Gasteiger partial charge in [0.25, 0.3) is 0 Å². The summed E-state index contributed by atoms with van der Waals surface area (Å²) in [7, 11) is 0. The maximum Gasteiger partial charge on any atom is 0.420 e. The van der Waals surface area contributed by atoms with Crippen LogP contribution in [0.5, 0.6) is 5.75 Å². The number of amides is 1. The number of carbonyl (C=O) groups is 1. The number of rotatable bonds is 5. The Balaban J connectivity index is 1.70. The van der Waals surface area contributed by atoms with Crippen molar-refractivity contribution in [3.8, 4) is 5.75 Å². The van der Waals surface area contributed by atoms with Crippen LogP contribution in [-0.2, 0) is 11.3 Å². The van der Waals surface area contributed by atoms with Gasteiger partial charge in [0.05, 0.1) is 24.7 Å². The Kier molecular flexibility index (Phi) is 7.06. The van der Waals surface area contributed by atoms with Gasteiger partial charge in [0, 0.05) is 0 Å². The Hall–Kier alpha value is -2.75. The van der Waals surface area contributed by atoms with E-state index in [2.05, 4.69) is 25.9 Å². The van der Waals surface area contributed by atoms with Crippen LogP contribution >= 0.6 is 38.9 Å². The van der Waals surface area contributed by atoms with Gasteiger partial charge in [-0.05, 0) is 78.7 Å². The average Bonchev–Trinajstić information content (AvgIpc) is 3.13. The molecule has 176 valence electrons. The molecule has 0 radical (unpaired) electrons. The zero-order valence-corrected chi connectivity index (χ0v) is 21.7. The standard InChI is InChI=1S/C24H20BrClFN3O3S/c1-24(2,3)33-23(31)30(22-21-18(28-13-29-22)11-20(25)34-21)16-7-8-19(17(26)10-16)32-12-14-5-4-6-15(27)9-14/h4-11,13H,12H2,1-3H3. The van der Waals surface area contributed by atoms with Gasteiger partial charge in [-0.25, -0.2) is 24.1 Å². The maximum atomic E-state index is 13.4. The highest BCUT2D eigenvalue weighted by molar-refractivity contribution is 9.11. The van der Waals surface area contributed by atoms with E-state index in [9.17, 15) is 9.18 Å². The van der Waals surface area contributed by atoms with Gasteiger partial charge in [0.2, 0.25) is 0 Å². The Bertz CT molecular complexity index is 1360. The van der Waals surface area contributed by atoms with E-state index in [1.54, 1.807) is 51.1 Å². The van der Waals surface area contributed by atoms with Crippen LogP contribution in [0.1, 0.15) is 26.3 Å². The second-order valence-corrected chi connectivity index (χ2v) is 11.1. The van der Waals surface area contributed by atoms with Crippen molar-refractivity contribution in [3.63, 3.8) is 0 Å². The summed E-state index contributed by atoms with van der Waals surface area (Å²) in [6.07, 6.45) is 0.785. The molecule has 0 aliphatic heterocycles. The molecule has 0 aliphatic carbocycles. The van der Waals surface area contributed by atoms with E-state index in [0.717, 1.165) is 3.79 Å². The Morgan fingerprint density at radius 1 is 1.18 bits per heavy atom. The number of thiophene rings is 1. The third kappa shape index (κ3) is 5.65. The SMILES string of the molecule is CC(C)(C)OC(=O)N(c1ccc(OCc2cccc(F)c2)c(Cl)c1)c1ncnc2cc(Br)sc12.